The molecule has 1 N–H and O–H groups in total. The van der Waals surface area contributed by atoms with E-state index in [0.29, 0.717) is 13.0 Å². The molecule has 2 atom stereocenters. The molecule has 0 amide bonds. The molecule has 1 aliphatic heterocycles. The normalized spacial score (nSPS) is 17.6. The van der Waals surface area contributed by atoms with Crippen molar-refractivity contribution in [1.29, 1.82) is 0 Å². The Morgan fingerprint density at radius 1 is 1.24 bits per heavy atom. The summed E-state index contributed by atoms with van der Waals surface area (Å²) in [6.45, 7) is 1.79. The van der Waals surface area contributed by atoms with Gasteiger partial charge in [-0.2, -0.15) is 0 Å². The molecule has 6 nitrogen and oxygen atoms in total. The number of rotatable bonds is 8. The van der Waals surface area contributed by atoms with Gasteiger partial charge < -0.3 is 0 Å². The molecule has 0 spiro atoms. The fourth-order valence-electron chi connectivity index (χ4n) is 3.29. The van der Waals surface area contributed by atoms with Gasteiger partial charge in [-0.1, -0.05) is 0 Å². The third-order valence-electron chi connectivity index (χ3n) is 5.00. The van der Waals surface area contributed by atoms with Gasteiger partial charge in [0.05, 0.1) is 0 Å². The minimum absolute atomic E-state index is 0.0260. The number of ether oxygens (including phenoxy) is 1. The van der Waals surface area contributed by atoms with Gasteiger partial charge in [-0.25, -0.2) is 0 Å². The van der Waals surface area contributed by atoms with Crippen molar-refractivity contribution in [3.8, 4) is 5.75 Å². The van der Waals surface area contributed by atoms with E-state index in [9.17, 15) is 13.2 Å². The standard InChI is InChI=1S/C21H20AsClF5N5O/c1-11(21(26,27)28)33-18(22)17(19(23)32-20(33)15-10-30-5-6-31-15)16-13(24)8-12(9-14(16)25)34-7-3-4-29-2/h5-6,8-11,18,29H,3-4,7H2,1-2H3/t11-,18?/m0/s1. The molecule has 13 heteroatoms. The first-order valence-electron chi connectivity index (χ1n) is 10.1. The summed E-state index contributed by atoms with van der Waals surface area (Å²) < 4.78 is 76.7. The van der Waals surface area contributed by atoms with Gasteiger partial charge in [0.2, 0.25) is 0 Å². The van der Waals surface area contributed by atoms with Crippen molar-refractivity contribution in [1.82, 2.24) is 20.2 Å². The molecule has 1 aromatic heterocycles. The minimum atomic E-state index is -4.68. The van der Waals surface area contributed by atoms with Crippen molar-refractivity contribution in [2.24, 2.45) is 4.99 Å². The second-order valence-corrected chi connectivity index (χ2v) is 8.68. The summed E-state index contributed by atoms with van der Waals surface area (Å²) in [6.07, 6.45) is -0.212. The van der Waals surface area contributed by atoms with Gasteiger partial charge in [-0.3, -0.25) is 0 Å². The van der Waals surface area contributed by atoms with Crippen LogP contribution in [-0.2, 0) is 0 Å². The summed E-state index contributed by atoms with van der Waals surface area (Å²) >= 11 is 8.26. The Balaban J connectivity index is 2.08. The number of alkyl halides is 3. The molecule has 1 aromatic carbocycles. The number of hydrogen-bond donors (Lipinski definition) is 1. The Morgan fingerprint density at radius 3 is 2.47 bits per heavy atom. The average Bonchev–Trinajstić information content (AvgIpc) is 2.77. The van der Waals surface area contributed by atoms with Crippen LogP contribution in [-0.4, -0.2) is 74.8 Å². The molecule has 0 saturated heterocycles. The van der Waals surface area contributed by atoms with Crippen molar-refractivity contribution in [3.05, 3.63) is 58.8 Å². The van der Waals surface area contributed by atoms with Crippen molar-refractivity contribution in [2.75, 3.05) is 20.2 Å². The van der Waals surface area contributed by atoms with E-state index >= 15 is 8.78 Å². The molecular formula is C21H20AsClF5N5O. The first-order valence-corrected chi connectivity index (χ1v) is 11.6. The number of nitrogens with one attached hydrogen (secondary N) is 1. The van der Waals surface area contributed by atoms with Crippen LogP contribution in [0.4, 0.5) is 22.0 Å². The fraction of sp³-hybridized carbons (Fsp3) is 0.381. The zero-order chi connectivity index (χ0) is 25.0. The molecule has 1 unspecified atom stereocenters. The molecule has 0 bridgehead atoms. The number of aliphatic imine (C=N–C) groups is 1. The number of aromatic nitrogens is 2. The summed E-state index contributed by atoms with van der Waals surface area (Å²) in [4.78, 5) is 11.5. The van der Waals surface area contributed by atoms with E-state index in [1.807, 2.05) is 16.9 Å². The zero-order valence-electron chi connectivity index (χ0n) is 18.1. The monoisotopic (exact) mass is 563 g/mol. The predicted octanol–water partition coefficient (Wildman–Crippen LogP) is 3.86. The van der Waals surface area contributed by atoms with Crippen LogP contribution in [0.2, 0.25) is 0 Å². The van der Waals surface area contributed by atoms with Crippen LogP contribution in [0, 0.1) is 11.6 Å². The van der Waals surface area contributed by atoms with E-state index in [4.69, 9.17) is 16.3 Å². The Labute approximate surface area is 206 Å². The van der Waals surface area contributed by atoms with E-state index in [1.54, 1.807) is 7.05 Å². The van der Waals surface area contributed by atoms with Crippen molar-refractivity contribution >= 4 is 39.9 Å². The quantitative estimate of drug-likeness (QED) is 0.229. The number of nitrogens with zero attached hydrogens (tertiary/aromatic N) is 4. The molecule has 0 aliphatic carbocycles. The predicted molar refractivity (Wildman–Crippen MR) is 119 cm³/mol. The molecule has 3 rings (SSSR count). The van der Waals surface area contributed by atoms with Crippen molar-refractivity contribution in [2.45, 2.75) is 30.4 Å². The van der Waals surface area contributed by atoms with Crippen LogP contribution in [0.5, 0.6) is 5.75 Å². The third kappa shape index (κ3) is 5.70. The Hall–Kier alpha value is -2.23. The second-order valence-electron chi connectivity index (χ2n) is 7.30. The van der Waals surface area contributed by atoms with Gasteiger partial charge in [-0.05, 0) is 0 Å². The van der Waals surface area contributed by atoms with Gasteiger partial charge >= 0.3 is 207 Å². The van der Waals surface area contributed by atoms with E-state index in [-0.39, 0.29) is 34.6 Å². The molecule has 0 saturated carbocycles. The summed E-state index contributed by atoms with van der Waals surface area (Å²) in [5, 5.41) is 2.56. The number of hydrogen-bond acceptors (Lipinski definition) is 6. The molecular weight excluding hydrogens is 544 g/mol. The maximum absolute atomic E-state index is 15.1. The molecule has 2 radical (unpaired) electrons. The zero-order valence-corrected chi connectivity index (χ0v) is 20.7. The van der Waals surface area contributed by atoms with Crippen LogP contribution in [0.1, 0.15) is 24.6 Å². The van der Waals surface area contributed by atoms with Crippen LogP contribution in [0.25, 0.3) is 5.57 Å². The van der Waals surface area contributed by atoms with E-state index in [1.165, 1.54) is 18.6 Å². The van der Waals surface area contributed by atoms with Gasteiger partial charge in [0.25, 0.3) is 0 Å². The fourth-order valence-corrected chi connectivity index (χ4v) is 4.91. The SMILES string of the molecule is CNCCCOc1cc(F)c(C2=C(Cl)N=C(c3cnccn3)N([C@@H](C)C(F)(F)F)C2[As])c(F)c1. The Morgan fingerprint density at radius 2 is 1.91 bits per heavy atom. The molecule has 34 heavy (non-hydrogen) atoms. The topological polar surface area (TPSA) is 62.6 Å². The number of halogens is 6. The molecule has 0 fully saturated rings. The van der Waals surface area contributed by atoms with Crippen molar-refractivity contribution in [3.63, 3.8) is 0 Å². The van der Waals surface area contributed by atoms with Crippen LogP contribution < -0.4 is 10.1 Å². The summed E-state index contributed by atoms with van der Waals surface area (Å²) in [7, 11) is 1.76. The molecule has 182 valence electrons. The van der Waals surface area contributed by atoms with Crippen LogP contribution in [0.3, 0.4) is 0 Å². The van der Waals surface area contributed by atoms with Crippen LogP contribution >= 0.6 is 11.6 Å². The summed E-state index contributed by atoms with van der Waals surface area (Å²) in [6, 6.07) is -0.149. The van der Waals surface area contributed by atoms with Crippen molar-refractivity contribution < 1.29 is 26.7 Å². The second kappa shape index (κ2) is 11.0. The number of benzene rings is 1. The Kier molecular flexibility index (Phi) is 8.54. The number of amidine groups is 1. The van der Waals surface area contributed by atoms with E-state index in [2.05, 4.69) is 20.3 Å². The summed E-state index contributed by atoms with van der Waals surface area (Å²) in [5.74, 6) is -2.34. The maximum atomic E-state index is 15.1. The van der Waals surface area contributed by atoms with Crippen LogP contribution in [0.15, 0.2) is 40.9 Å². The van der Waals surface area contributed by atoms with E-state index < -0.39 is 34.2 Å². The Bertz CT molecular complexity index is 1060. The molecule has 1 aliphatic rings. The molecule has 2 aromatic rings. The summed E-state index contributed by atoms with van der Waals surface area (Å²) in [5.41, 5.74) is -0.806. The van der Waals surface area contributed by atoms with Gasteiger partial charge in [0.1, 0.15) is 0 Å². The van der Waals surface area contributed by atoms with Gasteiger partial charge in [-0.15, -0.1) is 0 Å². The van der Waals surface area contributed by atoms with Gasteiger partial charge in [0, 0.05) is 0 Å². The van der Waals surface area contributed by atoms with Gasteiger partial charge in [0.15, 0.2) is 0 Å². The average molecular weight is 564 g/mol. The van der Waals surface area contributed by atoms with E-state index in [0.717, 1.165) is 24.0 Å². The first-order chi connectivity index (χ1) is 16.1. The third-order valence-corrected chi connectivity index (χ3v) is 6.35. The molecule has 2 heterocycles. The first kappa shape index (κ1) is 26.4.